The number of unbranched alkanes of at least 4 members (excludes halogenated alkanes) is 15. The second-order valence-electron chi connectivity index (χ2n) is 8.57. The summed E-state index contributed by atoms with van der Waals surface area (Å²) in [7, 11) is 2.21. The number of rotatable bonds is 19. The van der Waals surface area contributed by atoms with Crippen LogP contribution < -0.4 is 4.57 Å². The normalized spacial score (nSPS) is 11.4. The molecule has 2 heteroatoms. The maximum atomic E-state index is 2.51. The molecule has 1 aromatic rings. The van der Waals surface area contributed by atoms with Crippen LogP contribution in [0.25, 0.3) is 0 Å². The van der Waals surface area contributed by atoms with E-state index in [0.717, 1.165) is 0 Å². The lowest BCUT2D eigenvalue weighted by Crippen LogP contribution is -2.32. The molecule has 0 aliphatic heterocycles. The summed E-state index contributed by atoms with van der Waals surface area (Å²) in [5, 5.41) is 0. The lowest BCUT2D eigenvalue weighted by molar-refractivity contribution is -0.678. The number of hydrogen-bond acceptors (Lipinski definition) is 0. The largest absolute Gasteiger partial charge is 0.256 e. The van der Waals surface area contributed by atoms with Crippen LogP contribution in [0.4, 0.5) is 0 Å². The number of nitrogens with zero attached hydrogens (tertiary/aromatic N) is 2. The molecule has 0 aliphatic rings. The van der Waals surface area contributed by atoms with Gasteiger partial charge in [-0.05, 0) is 19.3 Å². The Morgan fingerprint density at radius 1 is 0.630 bits per heavy atom. The Labute approximate surface area is 170 Å². The summed E-state index contributed by atoms with van der Waals surface area (Å²) >= 11 is 0. The van der Waals surface area contributed by atoms with Crippen LogP contribution in [0.1, 0.15) is 129 Å². The van der Waals surface area contributed by atoms with Gasteiger partial charge < -0.3 is 0 Å². The minimum atomic E-state index is 1.21. The molecule has 0 radical (unpaired) electrons. The summed E-state index contributed by atoms with van der Waals surface area (Å²) < 4.78 is 4.85. The Bertz CT molecular complexity index is 436. The fraction of sp³-hybridized carbons (Fsp3) is 0.880. The van der Waals surface area contributed by atoms with Gasteiger partial charge in [-0.3, -0.25) is 0 Å². The second kappa shape index (κ2) is 17.3. The van der Waals surface area contributed by atoms with Crippen molar-refractivity contribution >= 4 is 0 Å². The molecular weight excluding hydrogens is 328 g/mol. The van der Waals surface area contributed by atoms with E-state index < -0.39 is 0 Å². The third kappa shape index (κ3) is 12.3. The fourth-order valence-electron chi connectivity index (χ4n) is 4.09. The van der Waals surface area contributed by atoms with E-state index in [9.17, 15) is 0 Å². The van der Waals surface area contributed by atoms with E-state index in [2.05, 4.69) is 42.4 Å². The monoisotopic (exact) mass is 377 g/mol. The van der Waals surface area contributed by atoms with Crippen molar-refractivity contribution in [3.63, 3.8) is 0 Å². The average Bonchev–Trinajstić information content (AvgIpc) is 3.02. The van der Waals surface area contributed by atoms with Crippen molar-refractivity contribution in [3.8, 4) is 0 Å². The van der Waals surface area contributed by atoms with Gasteiger partial charge in [0.1, 0.15) is 12.4 Å². The van der Waals surface area contributed by atoms with Gasteiger partial charge in [-0.15, -0.1) is 0 Å². The minimum Gasteiger partial charge on any atom is -0.237 e. The molecule has 27 heavy (non-hydrogen) atoms. The third-order valence-corrected chi connectivity index (χ3v) is 5.97. The first-order valence-corrected chi connectivity index (χ1v) is 12.3. The molecule has 0 saturated carbocycles. The molecule has 0 saturated heterocycles. The van der Waals surface area contributed by atoms with E-state index in [1.165, 1.54) is 128 Å². The van der Waals surface area contributed by atoms with Gasteiger partial charge in [0.25, 0.3) is 5.82 Å². The zero-order valence-electron chi connectivity index (χ0n) is 19.0. The zero-order valence-corrected chi connectivity index (χ0v) is 19.0. The first kappa shape index (κ1) is 24.2. The molecule has 0 amide bonds. The molecule has 0 fully saturated rings. The van der Waals surface area contributed by atoms with Gasteiger partial charge in [-0.2, -0.15) is 0 Å². The quantitative estimate of drug-likeness (QED) is 0.174. The Balaban J connectivity index is 2.05. The van der Waals surface area contributed by atoms with Crippen molar-refractivity contribution in [2.24, 2.45) is 7.05 Å². The van der Waals surface area contributed by atoms with Gasteiger partial charge in [-0.1, -0.05) is 104 Å². The maximum Gasteiger partial charge on any atom is 0.256 e. The number of aryl methyl sites for hydroxylation is 2. The average molecular weight is 378 g/mol. The predicted octanol–water partition coefficient (Wildman–Crippen LogP) is 7.53. The SMILES string of the molecule is CCCCCCCCCCCCCc1n(CCCCCCCC)cc[n+]1C. The topological polar surface area (TPSA) is 8.81 Å². The van der Waals surface area contributed by atoms with Crippen molar-refractivity contribution in [1.29, 1.82) is 0 Å². The lowest BCUT2D eigenvalue weighted by atomic mass is 10.1. The highest BCUT2D eigenvalue weighted by atomic mass is 15.1. The van der Waals surface area contributed by atoms with Crippen molar-refractivity contribution in [1.82, 2.24) is 4.57 Å². The van der Waals surface area contributed by atoms with E-state index in [4.69, 9.17) is 0 Å². The van der Waals surface area contributed by atoms with Crippen LogP contribution in [0.3, 0.4) is 0 Å². The standard InChI is InChI=1S/C25H49N2/c1-4-6-8-10-12-13-14-15-16-17-19-21-25-26(3)23-24-27(25)22-20-18-11-9-7-5-2/h23-24H,4-22H2,1-3H3/q+1. The molecule has 1 heterocycles. The van der Waals surface area contributed by atoms with Crippen LogP contribution in [0.5, 0.6) is 0 Å². The van der Waals surface area contributed by atoms with Crippen molar-refractivity contribution < 1.29 is 4.57 Å². The Hall–Kier alpha value is -0.790. The Kier molecular flexibility index (Phi) is 15.6. The van der Waals surface area contributed by atoms with Crippen LogP contribution in [0.2, 0.25) is 0 Å². The van der Waals surface area contributed by atoms with Gasteiger partial charge in [0.05, 0.1) is 13.6 Å². The Morgan fingerprint density at radius 3 is 1.59 bits per heavy atom. The fourth-order valence-corrected chi connectivity index (χ4v) is 4.09. The lowest BCUT2D eigenvalue weighted by Gasteiger charge is -2.05. The van der Waals surface area contributed by atoms with E-state index in [1.807, 2.05) is 0 Å². The van der Waals surface area contributed by atoms with Gasteiger partial charge in [0, 0.05) is 6.42 Å². The highest BCUT2D eigenvalue weighted by molar-refractivity contribution is 4.84. The minimum absolute atomic E-state index is 1.21. The molecule has 1 rings (SSSR count). The molecule has 0 aliphatic carbocycles. The highest BCUT2D eigenvalue weighted by Gasteiger charge is 2.13. The summed E-state index contributed by atoms with van der Waals surface area (Å²) in [5.41, 5.74) is 0. The second-order valence-corrected chi connectivity index (χ2v) is 8.57. The summed E-state index contributed by atoms with van der Waals surface area (Å²) in [4.78, 5) is 0. The van der Waals surface area contributed by atoms with Crippen molar-refractivity contribution in [2.75, 3.05) is 0 Å². The predicted molar refractivity (Wildman–Crippen MR) is 119 cm³/mol. The molecule has 1 aromatic heterocycles. The van der Waals surface area contributed by atoms with Crippen LogP contribution in [0, 0.1) is 0 Å². The van der Waals surface area contributed by atoms with Gasteiger partial charge in [0.15, 0.2) is 0 Å². The van der Waals surface area contributed by atoms with Gasteiger partial charge in [0.2, 0.25) is 0 Å². The number of aromatic nitrogens is 2. The molecule has 0 atom stereocenters. The highest BCUT2D eigenvalue weighted by Crippen LogP contribution is 2.13. The molecular formula is C25H49N2+. The van der Waals surface area contributed by atoms with Crippen LogP contribution in [-0.2, 0) is 20.0 Å². The van der Waals surface area contributed by atoms with E-state index in [-0.39, 0.29) is 0 Å². The smallest absolute Gasteiger partial charge is 0.237 e. The van der Waals surface area contributed by atoms with E-state index in [0.29, 0.717) is 0 Å². The molecule has 158 valence electrons. The molecule has 0 bridgehead atoms. The van der Waals surface area contributed by atoms with E-state index in [1.54, 1.807) is 0 Å². The first-order valence-electron chi connectivity index (χ1n) is 12.3. The molecule has 0 spiro atoms. The van der Waals surface area contributed by atoms with Crippen LogP contribution >= 0.6 is 0 Å². The molecule has 0 aromatic carbocycles. The maximum absolute atomic E-state index is 2.51. The Morgan fingerprint density at radius 2 is 1.07 bits per heavy atom. The van der Waals surface area contributed by atoms with E-state index >= 15 is 0 Å². The zero-order chi connectivity index (χ0) is 19.6. The number of imidazole rings is 1. The molecule has 2 nitrogen and oxygen atoms in total. The number of hydrogen-bond donors (Lipinski definition) is 0. The first-order chi connectivity index (χ1) is 13.3. The molecule has 0 unspecified atom stereocenters. The summed E-state index contributed by atoms with van der Waals surface area (Å²) in [6, 6.07) is 0. The van der Waals surface area contributed by atoms with Crippen LogP contribution in [0.15, 0.2) is 12.4 Å². The summed E-state index contributed by atoms with van der Waals surface area (Å²) in [5.74, 6) is 1.53. The van der Waals surface area contributed by atoms with Crippen molar-refractivity contribution in [3.05, 3.63) is 18.2 Å². The summed E-state index contributed by atoms with van der Waals surface area (Å²) in [6.45, 7) is 5.80. The van der Waals surface area contributed by atoms with Gasteiger partial charge in [-0.25, -0.2) is 9.13 Å². The summed E-state index contributed by atoms with van der Waals surface area (Å²) in [6.07, 6.45) is 29.8. The van der Waals surface area contributed by atoms with Gasteiger partial charge >= 0.3 is 0 Å². The molecule has 0 N–H and O–H groups in total. The van der Waals surface area contributed by atoms with Crippen molar-refractivity contribution in [2.45, 2.75) is 136 Å². The third-order valence-electron chi connectivity index (χ3n) is 5.97. The van der Waals surface area contributed by atoms with Crippen LogP contribution in [-0.4, -0.2) is 4.57 Å².